The fraction of sp³-hybridized carbons (Fsp3) is 0.385. The average molecular weight is 217 g/mol. The highest BCUT2D eigenvalue weighted by molar-refractivity contribution is 5.34. The Hall–Kier alpha value is -1.48. The lowest BCUT2D eigenvalue weighted by Crippen LogP contribution is -2.31. The number of hydrogen-bond donors (Lipinski definition) is 3. The van der Waals surface area contributed by atoms with E-state index in [1.54, 1.807) is 0 Å². The number of hydrogen-bond acceptors (Lipinski definition) is 3. The molecule has 0 amide bonds. The third-order valence-corrected chi connectivity index (χ3v) is 2.96. The highest BCUT2D eigenvalue weighted by atomic mass is 15.1. The minimum Gasteiger partial charge on any atom is -0.371 e. The van der Waals surface area contributed by atoms with Crippen LogP contribution in [0.1, 0.15) is 23.6 Å². The maximum absolute atomic E-state index is 5.43. The van der Waals surface area contributed by atoms with Crippen molar-refractivity contribution < 1.29 is 0 Å². The molecule has 1 aliphatic rings. The van der Waals surface area contributed by atoms with Gasteiger partial charge in [0.2, 0.25) is 0 Å². The molecule has 1 aromatic carbocycles. The fourth-order valence-corrected chi connectivity index (χ4v) is 2.19. The van der Waals surface area contributed by atoms with Gasteiger partial charge in [-0.25, -0.2) is 0 Å². The van der Waals surface area contributed by atoms with E-state index >= 15 is 0 Å². The lowest BCUT2D eigenvalue weighted by molar-refractivity contribution is 0.558. The van der Waals surface area contributed by atoms with E-state index in [-0.39, 0.29) is 0 Å². The minimum atomic E-state index is 0.397. The van der Waals surface area contributed by atoms with Crippen LogP contribution in [0, 0.1) is 0 Å². The number of rotatable bonds is 5. The summed E-state index contributed by atoms with van der Waals surface area (Å²) in [5.74, 6) is 0.868. The highest BCUT2D eigenvalue weighted by Crippen LogP contribution is 2.30. The number of fused-ring (bicyclic) bond motifs is 1. The molecule has 3 nitrogen and oxygen atoms in total. The molecule has 0 aromatic heterocycles. The first-order valence-electron chi connectivity index (χ1n) is 5.78. The first kappa shape index (κ1) is 11.0. The lowest BCUT2D eigenvalue weighted by Gasteiger charge is -2.18. The molecule has 16 heavy (non-hydrogen) atoms. The summed E-state index contributed by atoms with van der Waals surface area (Å²) >= 11 is 0. The van der Waals surface area contributed by atoms with Crippen LogP contribution in [-0.2, 0) is 6.42 Å². The molecule has 0 fully saturated rings. The second kappa shape index (κ2) is 5.03. The molecule has 0 aliphatic heterocycles. The van der Waals surface area contributed by atoms with Crippen LogP contribution in [0.3, 0.4) is 0 Å². The van der Waals surface area contributed by atoms with Crippen molar-refractivity contribution in [2.75, 3.05) is 13.1 Å². The van der Waals surface area contributed by atoms with Gasteiger partial charge in [0.15, 0.2) is 0 Å². The number of nitrogens with two attached hydrogens (primary N) is 1. The van der Waals surface area contributed by atoms with Crippen LogP contribution in [0.25, 0.3) is 0 Å². The van der Waals surface area contributed by atoms with Gasteiger partial charge in [0, 0.05) is 13.1 Å². The van der Waals surface area contributed by atoms with E-state index in [1.165, 1.54) is 11.1 Å². The standard InChI is InChI=1S/C13H19N3/c1-10(15-9-8-14)16-13-7-6-11-4-2-3-5-12(11)13/h2-5,13,15-16H,1,6-9,14H2. The van der Waals surface area contributed by atoms with Crippen molar-refractivity contribution in [2.24, 2.45) is 5.73 Å². The zero-order chi connectivity index (χ0) is 11.4. The van der Waals surface area contributed by atoms with Crippen molar-refractivity contribution in [3.05, 3.63) is 47.8 Å². The summed E-state index contributed by atoms with van der Waals surface area (Å²) in [6, 6.07) is 8.98. The molecule has 1 aromatic rings. The molecule has 0 saturated carbocycles. The molecule has 3 heteroatoms. The fourth-order valence-electron chi connectivity index (χ4n) is 2.19. The van der Waals surface area contributed by atoms with E-state index < -0.39 is 0 Å². The molecule has 1 unspecified atom stereocenters. The molecule has 1 aliphatic carbocycles. The van der Waals surface area contributed by atoms with Gasteiger partial charge in [0.05, 0.1) is 11.9 Å². The second-order valence-corrected chi connectivity index (χ2v) is 4.13. The van der Waals surface area contributed by atoms with Crippen molar-refractivity contribution in [3.63, 3.8) is 0 Å². The first-order chi connectivity index (χ1) is 7.81. The predicted octanol–water partition coefficient (Wildman–Crippen LogP) is 1.28. The summed E-state index contributed by atoms with van der Waals surface area (Å²) in [6.45, 7) is 5.34. The topological polar surface area (TPSA) is 50.1 Å². The third kappa shape index (κ3) is 2.36. The van der Waals surface area contributed by atoms with Crippen molar-refractivity contribution in [3.8, 4) is 0 Å². The Labute approximate surface area is 96.7 Å². The quantitative estimate of drug-likeness (QED) is 0.696. The summed E-state index contributed by atoms with van der Waals surface area (Å²) in [5, 5.41) is 6.57. The molecule has 0 bridgehead atoms. The first-order valence-corrected chi connectivity index (χ1v) is 5.78. The Morgan fingerprint density at radius 3 is 3.06 bits per heavy atom. The van der Waals surface area contributed by atoms with E-state index in [9.17, 15) is 0 Å². The van der Waals surface area contributed by atoms with Gasteiger partial charge in [-0.1, -0.05) is 30.8 Å². The normalized spacial score (nSPS) is 17.9. The molecule has 86 valence electrons. The zero-order valence-electron chi connectivity index (χ0n) is 9.50. The summed E-state index contributed by atoms with van der Waals surface area (Å²) in [4.78, 5) is 0. The molecule has 2 rings (SSSR count). The van der Waals surface area contributed by atoms with E-state index in [1.807, 2.05) is 0 Å². The van der Waals surface area contributed by atoms with Gasteiger partial charge >= 0.3 is 0 Å². The maximum atomic E-state index is 5.43. The van der Waals surface area contributed by atoms with Gasteiger partial charge in [0.1, 0.15) is 0 Å². The Morgan fingerprint density at radius 2 is 2.25 bits per heavy atom. The Bertz CT molecular complexity index is 373. The summed E-state index contributed by atoms with van der Waals surface area (Å²) < 4.78 is 0. The number of benzene rings is 1. The van der Waals surface area contributed by atoms with Gasteiger partial charge in [-0.05, 0) is 24.0 Å². The molecule has 0 heterocycles. The van der Waals surface area contributed by atoms with E-state index in [4.69, 9.17) is 5.73 Å². The van der Waals surface area contributed by atoms with Crippen LogP contribution in [0.5, 0.6) is 0 Å². The highest BCUT2D eigenvalue weighted by Gasteiger charge is 2.21. The lowest BCUT2D eigenvalue weighted by atomic mass is 10.1. The van der Waals surface area contributed by atoms with Gasteiger partial charge in [-0.15, -0.1) is 0 Å². The van der Waals surface area contributed by atoms with E-state index in [0.29, 0.717) is 12.6 Å². The summed E-state index contributed by atoms with van der Waals surface area (Å²) in [7, 11) is 0. The van der Waals surface area contributed by atoms with Crippen LogP contribution in [0.2, 0.25) is 0 Å². The summed E-state index contributed by atoms with van der Waals surface area (Å²) in [5.41, 5.74) is 8.28. The molecular formula is C13H19N3. The number of nitrogens with one attached hydrogen (secondary N) is 2. The van der Waals surface area contributed by atoms with Gasteiger partial charge in [0.25, 0.3) is 0 Å². The molecule has 0 radical (unpaired) electrons. The minimum absolute atomic E-state index is 0.397. The molecule has 0 saturated heterocycles. The smallest absolute Gasteiger partial charge is 0.0917 e. The summed E-state index contributed by atoms with van der Waals surface area (Å²) in [6.07, 6.45) is 2.29. The maximum Gasteiger partial charge on any atom is 0.0917 e. The molecule has 1 atom stereocenters. The van der Waals surface area contributed by atoms with Crippen LogP contribution in [0.4, 0.5) is 0 Å². The van der Waals surface area contributed by atoms with Gasteiger partial charge in [-0.2, -0.15) is 0 Å². The molecular weight excluding hydrogens is 198 g/mol. The largest absolute Gasteiger partial charge is 0.371 e. The number of aryl methyl sites for hydroxylation is 1. The Balaban J connectivity index is 1.95. The SMILES string of the molecule is C=C(NCCN)NC1CCc2ccccc21. The third-order valence-electron chi connectivity index (χ3n) is 2.96. The van der Waals surface area contributed by atoms with Crippen molar-refractivity contribution in [2.45, 2.75) is 18.9 Å². The Kier molecular flexibility index (Phi) is 3.47. The Morgan fingerprint density at radius 1 is 1.44 bits per heavy atom. The van der Waals surface area contributed by atoms with Crippen LogP contribution >= 0.6 is 0 Å². The van der Waals surface area contributed by atoms with E-state index in [2.05, 4.69) is 41.5 Å². The van der Waals surface area contributed by atoms with Crippen LogP contribution < -0.4 is 16.4 Å². The van der Waals surface area contributed by atoms with Crippen molar-refractivity contribution in [1.82, 2.24) is 10.6 Å². The van der Waals surface area contributed by atoms with Crippen molar-refractivity contribution in [1.29, 1.82) is 0 Å². The second-order valence-electron chi connectivity index (χ2n) is 4.13. The average Bonchev–Trinajstić information content (AvgIpc) is 2.70. The monoisotopic (exact) mass is 217 g/mol. The predicted molar refractivity (Wildman–Crippen MR) is 66.8 cm³/mol. The van der Waals surface area contributed by atoms with Crippen LogP contribution in [0.15, 0.2) is 36.7 Å². The van der Waals surface area contributed by atoms with Gasteiger partial charge < -0.3 is 16.4 Å². The molecule has 4 N–H and O–H groups in total. The molecule has 0 spiro atoms. The van der Waals surface area contributed by atoms with Crippen molar-refractivity contribution >= 4 is 0 Å². The van der Waals surface area contributed by atoms with E-state index in [0.717, 1.165) is 25.2 Å². The van der Waals surface area contributed by atoms with Gasteiger partial charge in [-0.3, -0.25) is 0 Å². The van der Waals surface area contributed by atoms with Crippen LogP contribution in [-0.4, -0.2) is 13.1 Å². The zero-order valence-corrected chi connectivity index (χ0v) is 9.50.